The van der Waals surface area contributed by atoms with Crippen LogP contribution in [0.1, 0.15) is 19.8 Å². The molecule has 0 aliphatic rings. The normalized spacial score (nSPS) is 14.9. The van der Waals surface area contributed by atoms with Crippen molar-refractivity contribution in [2.75, 3.05) is 33.8 Å². The molecule has 0 heterocycles. The molecule has 0 rings (SSSR count). The van der Waals surface area contributed by atoms with Gasteiger partial charge in [0.05, 0.1) is 5.73 Å². The van der Waals surface area contributed by atoms with Gasteiger partial charge >= 0.3 is 24.7 Å². The van der Waals surface area contributed by atoms with Crippen LogP contribution in [0.4, 0.5) is 52.7 Å². The van der Waals surface area contributed by atoms with Crippen LogP contribution in [0.5, 0.6) is 0 Å². The molecule has 42 heavy (non-hydrogen) atoms. The van der Waals surface area contributed by atoms with E-state index < -0.39 is 77.3 Å². The van der Waals surface area contributed by atoms with Crippen LogP contribution >= 0.6 is 0 Å². The number of hydrogen-bond acceptors (Lipinski definition) is 4. The van der Waals surface area contributed by atoms with E-state index in [1.807, 2.05) is 0 Å². The van der Waals surface area contributed by atoms with E-state index in [0.717, 1.165) is 14.1 Å². The second kappa shape index (κ2) is 14.5. The lowest BCUT2D eigenvalue weighted by Crippen LogP contribution is -2.51. The Morgan fingerprint density at radius 2 is 1.00 bits per heavy atom. The minimum atomic E-state index is -5.81. The monoisotopic (exact) mass is 676 g/mol. The van der Waals surface area contributed by atoms with Gasteiger partial charge in [0.2, 0.25) is 32.0 Å². The third kappa shape index (κ3) is 13.0. The largest absolute Gasteiger partial charge is 0.415 e. The minimum Gasteiger partial charge on any atom is -0.415 e. The molecule has 20 heteroatoms. The SMILES string of the molecule is CC(O[Si](C)(C)CCCN(C)C(=O)C(C(F)(F)F)C(F)(F)F)[Si](C)(C)OCCCN(C)C(=O)C(C(F)(F)F)C(F)(F)F. The molecule has 0 N–H and O–H groups in total. The van der Waals surface area contributed by atoms with Gasteiger partial charge < -0.3 is 18.7 Å². The summed E-state index contributed by atoms with van der Waals surface area (Å²) in [5.41, 5.74) is -0.516. The third-order valence-electron chi connectivity index (χ3n) is 6.41. The molecular formula is C22H36F12N2O4Si2. The molecule has 1 atom stereocenters. The van der Waals surface area contributed by atoms with Crippen LogP contribution in [0.3, 0.4) is 0 Å². The predicted molar refractivity (Wildman–Crippen MR) is 132 cm³/mol. The summed E-state index contributed by atoms with van der Waals surface area (Å²) in [6.45, 7) is 7.65. The molecule has 0 saturated carbocycles. The molecule has 0 radical (unpaired) electrons. The maximum atomic E-state index is 12.8. The minimum absolute atomic E-state index is 0.0522. The van der Waals surface area contributed by atoms with Crippen LogP contribution in [0.25, 0.3) is 0 Å². The fourth-order valence-electron chi connectivity index (χ4n) is 3.77. The van der Waals surface area contributed by atoms with Crippen LogP contribution in [0, 0.1) is 11.8 Å². The van der Waals surface area contributed by atoms with Gasteiger partial charge in [-0.25, -0.2) is 0 Å². The molecule has 0 aliphatic carbocycles. The molecule has 0 bridgehead atoms. The summed E-state index contributed by atoms with van der Waals surface area (Å²) >= 11 is 0. The third-order valence-corrected chi connectivity index (χ3v) is 12.2. The maximum absolute atomic E-state index is 12.8. The number of carbonyl (C=O) groups excluding carboxylic acids is 2. The summed E-state index contributed by atoms with van der Waals surface area (Å²) in [4.78, 5) is 24.4. The summed E-state index contributed by atoms with van der Waals surface area (Å²) in [5.74, 6) is -12.5. The van der Waals surface area contributed by atoms with E-state index in [0.29, 0.717) is 9.80 Å². The van der Waals surface area contributed by atoms with Crippen molar-refractivity contribution < 1.29 is 71.1 Å². The zero-order valence-corrected chi connectivity index (χ0v) is 26.0. The lowest BCUT2D eigenvalue weighted by atomic mass is 10.1. The Bertz CT molecular complexity index is 865. The molecule has 0 spiro atoms. The number of halogens is 12. The van der Waals surface area contributed by atoms with E-state index in [9.17, 15) is 62.3 Å². The van der Waals surface area contributed by atoms with Crippen molar-refractivity contribution in [1.29, 1.82) is 0 Å². The van der Waals surface area contributed by atoms with Gasteiger partial charge in [0.1, 0.15) is 0 Å². The topological polar surface area (TPSA) is 59.1 Å². The van der Waals surface area contributed by atoms with Gasteiger partial charge in [0, 0.05) is 33.8 Å². The number of carbonyl (C=O) groups is 2. The smallest absolute Gasteiger partial charge is 0.409 e. The molecule has 6 nitrogen and oxygen atoms in total. The molecule has 0 saturated heterocycles. The first kappa shape index (κ1) is 40.5. The van der Waals surface area contributed by atoms with Crippen molar-refractivity contribution in [3.63, 3.8) is 0 Å². The molecular weight excluding hydrogens is 640 g/mol. The fraction of sp³-hybridized carbons (Fsp3) is 0.909. The Labute approximate surface area is 237 Å². The Kier molecular flexibility index (Phi) is 14.0. The Morgan fingerprint density at radius 3 is 1.33 bits per heavy atom. The predicted octanol–water partition coefficient (Wildman–Crippen LogP) is 6.54. The van der Waals surface area contributed by atoms with Gasteiger partial charge in [0.25, 0.3) is 0 Å². The van der Waals surface area contributed by atoms with Crippen molar-refractivity contribution in [2.45, 2.75) is 82.4 Å². The van der Waals surface area contributed by atoms with E-state index in [-0.39, 0.29) is 32.0 Å². The Morgan fingerprint density at radius 1 is 0.667 bits per heavy atom. The van der Waals surface area contributed by atoms with Crippen molar-refractivity contribution in [1.82, 2.24) is 9.80 Å². The standard InChI is InChI=1S/C22H36F12N2O4Si2/c1-14(40-41(4,5)13-9-11-36(3)18(38)16(21(29,30)31)22(32,33)34)42(6,7)39-12-8-10-35(2)17(37)15(19(23,24)25)20(26,27)28/h14-16H,8-13H2,1-7H3. The molecule has 1 unspecified atom stereocenters. The van der Waals surface area contributed by atoms with Gasteiger partial charge in [-0.1, -0.05) is 0 Å². The van der Waals surface area contributed by atoms with Crippen LogP contribution in [0.2, 0.25) is 32.2 Å². The van der Waals surface area contributed by atoms with Crippen LogP contribution in [-0.2, 0) is 18.4 Å². The van der Waals surface area contributed by atoms with Crippen molar-refractivity contribution in [3.05, 3.63) is 0 Å². The summed E-state index contributed by atoms with van der Waals surface area (Å²) in [5, 5.41) is 0. The van der Waals surface area contributed by atoms with E-state index in [4.69, 9.17) is 8.85 Å². The number of hydrogen-bond donors (Lipinski definition) is 0. The Balaban J connectivity index is 4.92. The molecule has 0 fully saturated rings. The zero-order valence-electron chi connectivity index (χ0n) is 24.0. The lowest BCUT2D eigenvalue weighted by Gasteiger charge is -2.36. The van der Waals surface area contributed by atoms with Gasteiger partial charge in [-0.3, -0.25) is 9.59 Å². The second-order valence-electron chi connectivity index (χ2n) is 11.0. The van der Waals surface area contributed by atoms with E-state index in [1.54, 1.807) is 33.1 Å². The van der Waals surface area contributed by atoms with E-state index in [2.05, 4.69) is 0 Å². The summed E-state index contributed by atoms with van der Waals surface area (Å²) < 4.78 is 165. The van der Waals surface area contributed by atoms with Crippen molar-refractivity contribution >= 4 is 28.4 Å². The van der Waals surface area contributed by atoms with Crippen LogP contribution in [-0.4, -0.2) is 102 Å². The summed E-state index contributed by atoms with van der Waals surface area (Å²) in [6.07, 6.45) is -23.2. The average molecular weight is 677 g/mol. The fourth-order valence-corrected chi connectivity index (χ4v) is 8.85. The highest BCUT2D eigenvalue weighted by Crippen LogP contribution is 2.41. The quantitative estimate of drug-likeness (QED) is 0.119. The first-order valence-corrected chi connectivity index (χ1v) is 18.6. The number of rotatable bonds is 14. The first-order valence-electron chi connectivity index (χ1n) is 12.5. The van der Waals surface area contributed by atoms with Gasteiger partial charge in [0.15, 0.2) is 8.32 Å². The summed E-state index contributed by atoms with van der Waals surface area (Å²) in [7, 11) is -3.65. The van der Waals surface area contributed by atoms with Crippen LogP contribution in [0.15, 0.2) is 0 Å². The average Bonchev–Trinajstić information content (AvgIpc) is 2.71. The van der Waals surface area contributed by atoms with Gasteiger partial charge in [-0.05, 0) is 52.0 Å². The summed E-state index contributed by atoms with van der Waals surface area (Å²) in [6, 6.07) is 0.259. The molecule has 0 aliphatic heterocycles. The molecule has 250 valence electrons. The first-order chi connectivity index (χ1) is 18.4. The maximum Gasteiger partial charge on any atom is 0.409 e. The van der Waals surface area contributed by atoms with Crippen molar-refractivity contribution in [3.8, 4) is 0 Å². The van der Waals surface area contributed by atoms with Gasteiger partial charge in [-0.15, -0.1) is 0 Å². The highest BCUT2D eigenvalue weighted by Gasteiger charge is 2.62. The second-order valence-corrected chi connectivity index (χ2v) is 19.5. The molecule has 0 aromatic carbocycles. The molecule has 0 aromatic rings. The highest BCUT2D eigenvalue weighted by molar-refractivity contribution is 6.76. The van der Waals surface area contributed by atoms with Crippen LogP contribution < -0.4 is 0 Å². The number of alkyl halides is 12. The number of amides is 2. The molecule has 2 amide bonds. The van der Waals surface area contributed by atoms with E-state index >= 15 is 0 Å². The van der Waals surface area contributed by atoms with Crippen molar-refractivity contribution in [2.24, 2.45) is 11.8 Å². The van der Waals surface area contributed by atoms with Gasteiger partial charge in [-0.2, -0.15) is 52.7 Å². The Hall–Kier alpha value is -1.55. The highest BCUT2D eigenvalue weighted by atomic mass is 28.4. The lowest BCUT2D eigenvalue weighted by molar-refractivity contribution is -0.279. The molecule has 0 aromatic heterocycles. The van der Waals surface area contributed by atoms with E-state index in [1.165, 1.54) is 0 Å². The number of nitrogens with zero attached hydrogens (tertiary/aromatic N) is 2. The zero-order chi connectivity index (χ0) is 33.7.